The van der Waals surface area contributed by atoms with Crippen molar-refractivity contribution in [1.82, 2.24) is 5.32 Å². The van der Waals surface area contributed by atoms with Crippen molar-refractivity contribution in [1.29, 1.82) is 0 Å². The Morgan fingerprint density at radius 2 is 2.19 bits per heavy atom. The van der Waals surface area contributed by atoms with Gasteiger partial charge in [0.2, 0.25) is 0 Å². The molecule has 0 saturated heterocycles. The van der Waals surface area contributed by atoms with Crippen molar-refractivity contribution in [2.45, 2.75) is 57.8 Å². The first kappa shape index (κ1) is 16.2. The highest BCUT2D eigenvalue weighted by Crippen LogP contribution is 2.37. The number of hydrogen-bond donors (Lipinski definition) is 1. The van der Waals surface area contributed by atoms with Gasteiger partial charge in [0.25, 0.3) is 0 Å². The zero-order valence-corrected chi connectivity index (χ0v) is 13.4. The molecule has 4 heteroatoms. The van der Waals surface area contributed by atoms with Crippen LogP contribution in [0.25, 0.3) is 0 Å². The van der Waals surface area contributed by atoms with E-state index in [1.165, 1.54) is 6.07 Å². The van der Waals surface area contributed by atoms with Crippen LogP contribution in [0.5, 0.6) is 5.75 Å². The normalized spacial score (nSPS) is 21.8. The molecule has 0 fully saturated rings. The summed E-state index contributed by atoms with van der Waals surface area (Å²) >= 11 is 0. The maximum atomic E-state index is 13.5. The van der Waals surface area contributed by atoms with Crippen LogP contribution < -0.4 is 10.1 Å². The fourth-order valence-corrected chi connectivity index (χ4v) is 2.78. The van der Waals surface area contributed by atoms with E-state index in [-0.39, 0.29) is 23.6 Å². The minimum Gasteiger partial charge on any atom is -0.490 e. The Kier molecular flexibility index (Phi) is 5.22. The maximum Gasteiger partial charge on any atom is 0.124 e. The van der Waals surface area contributed by atoms with Gasteiger partial charge in [-0.3, -0.25) is 0 Å². The van der Waals surface area contributed by atoms with E-state index in [0.717, 1.165) is 37.1 Å². The number of nitrogens with one attached hydrogen (secondary N) is 1. The predicted octanol–water partition coefficient (Wildman–Crippen LogP) is 3.83. The topological polar surface area (TPSA) is 30.5 Å². The third-order valence-electron chi connectivity index (χ3n) is 4.05. The van der Waals surface area contributed by atoms with Crippen LogP contribution in [0.3, 0.4) is 0 Å². The van der Waals surface area contributed by atoms with Gasteiger partial charge < -0.3 is 14.8 Å². The molecule has 2 unspecified atom stereocenters. The van der Waals surface area contributed by atoms with Crippen LogP contribution in [0.1, 0.15) is 51.6 Å². The van der Waals surface area contributed by atoms with Gasteiger partial charge in [-0.2, -0.15) is 0 Å². The Morgan fingerprint density at radius 3 is 2.86 bits per heavy atom. The SMILES string of the molecule is CCCNC1CC(CC(C)(C)OC)Oc2ccc(F)cc21. The molecule has 1 N–H and O–H groups in total. The Hall–Kier alpha value is -1.13. The molecule has 0 aromatic heterocycles. The lowest BCUT2D eigenvalue weighted by Crippen LogP contribution is -2.38. The summed E-state index contributed by atoms with van der Waals surface area (Å²) in [6, 6.07) is 4.92. The average Bonchev–Trinajstić information content (AvgIpc) is 2.45. The van der Waals surface area contributed by atoms with Gasteiger partial charge >= 0.3 is 0 Å². The molecule has 1 heterocycles. The molecule has 0 bridgehead atoms. The second-order valence-corrected chi connectivity index (χ2v) is 6.33. The van der Waals surface area contributed by atoms with E-state index in [0.29, 0.717) is 0 Å². The smallest absolute Gasteiger partial charge is 0.124 e. The van der Waals surface area contributed by atoms with Gasteiger partial charge in [0, 0.05) is 31.6 Å². The zero-order valence-electron chi connectivity index (χ0n) is 13.4. The maximum absolute atomic E-state index is 13.5. The summed E-state index contributed by atoms with van der Waals surface area (Å²) in [7, 11) is 1.72. The van der Waals surface area contributed by atoms with E-state index in [9.17, 15) is 4.39 Å². The van der Waals surface area contributed by atoms with E-state index < -0.39 is 0 Å². The van der Waals surface area contributed by atoms with E-state index in [4.69, 9.17) is 9.47 Å². The largest absolute Gasteiger partial charge is 0.490 e. The number of halogens is 1. The van der Waals surface area contributed by atoms with E-state index in [2.05, 4.69) is 26.1 Å². The van der Waals surface area contributed by atoms with Crippen LogP contribution >= 0.6 is 0 Å². The summed E-state index contributed by atoms with van der Waals surface area (Å²) < 4.78 is 25.1. The summed E-state index contributed by atoms with van der Waals surface area (Å²) in [4.78, 5) is 0. The van der Waals surface area contributed by atoms with Crippen LogP contribution in [0, 0.1) is 5.82 Å². The summed E-state index contributed by atoms with van der Waals surface area (Å²) in [5.41, 5.74) is 0.701. The number of ether oxygens (including phenoxy) is 2. The van der Waals surface area contributed by atoms with Crippen LogP contribution in [0.15, 0.2) is 18.2 Å². The first-order valence-electron chi connectivity index (χ1n) is 7.70. The summed E-state index contributed by atoms with van der Waals surface area (Å²) in [6.45, 7) is 7.17. The van der Waals surface area contributed by atoms with Crippen LogP contribution in [0.4, 0.5) is 4.39 Å². The van der Waals surface area contributed by atoms with Gasteiger partial charge in [-0.25, -0.2) is 4.39 Å². The van der Waals surface area contributed by atoms with Crippen molar-refractivity contribution < 1.29 is 13.9 Å². The third kappa shape index (κ3) is 4.17. The van der Waals surface area contributed by atoms with Gasteiger partial charge in [0.15, 0.2) is 0 Å². The Bertz CT molecular complexity index is 476. The van der Waals surface area contributed by atoms with Crippen molar-refractivity contribution >= 4 is 0 Å². The standard InChI is InChI=1S/C17H26FNO2/c1-5-8-19-15-10-13(11-17(2,3)20-4)21-16-7-6-12(18)9-14(15)16/h6-7,9,13,15,19H,5,8,10-11H2,1-4H3. The Labute approximate surface area is 126 Å². The third-order valence-corrected chi connectivity index (χ3v) is 4.05. The van der Waals surface area contributed by atoms with Crippen molar-refractivity contribution in [2.75, 3.05) is 13.7 Å². The van der Waals surface area contributed by atoms with Crippen LogP contribution in [0.2, 0.25) is 0 Å². The molecule has 3 nitrogen and oxygen atoms in total. The molecule has 2 atom stereocenters. The highest BCUT2D eigenvalue weighted by molar-refractivity contribution is 5.38. The predicted molar refractivity (Wildman–Crippen MR) is 82.2 cm³/mol. The second-order valence-electron chi connectivity index (χ2n) is 6.33. The van der Waals surface area contributed by atoms with Gasteiger partial charge in [-0.05, 0) is 45.0 Å². The van der Waals surface area contributed by atoms with E-state index in [1.54, 1.807) is 19.2 Å². The lowest BCUT2D eigenvalue weighted by molar-refractivity contribution is -0.0205. The van der Waals surface area contributed by atoms with Gasteiger partial charge in [0.05, 0.1) is 5.60 Å². The second kappa shape index (κ2) is 6.75. The molecule has 0 aliphatic carbocycles. The molecule has 1 aliphatic rings. The minimum atomic E-state index is -0.225. The van der Waals surface area contributed by atoms with Gasteiger partial charge in [-0.1, -0.05) is 6.92 Å². The quantitative estimate of drug-likeness (QED) is 0.865. The molecule has 0 spiro atoms. The van der Waals surface area contributed by atoms with Crippen LogP contribution in [-0.2, 0) is 4.74 Å². The van der Waals surface area contributed by atoms with Crippen molar-refractivity contribution in [3.63, 3.8) is 0 Å². The Morgan fingerprint density at radius 1 is 1.43 bits per heavy atom. The van der Waals surface area contributed by atoms with E-state index in [1.807, 2.05) is 0 Å². The fourth-order valence-electron chi connectivity index (χ4n) is 2.78. The lowest BCUT2D eigenvalue weighted by Gasteiger charge is -2.36. The van der Waals surface area contributed by atoms with Gasteiger partial charge in [0.1, 0.15) is 17.7 Å². The Balaban J connectivity index is 2.18. The molecule has 1 aromatic rings. The molecule has 118 valence electrons. The molecular weight excluding hydrogens is 269 g/mol. The first-order chi connectivity index (χ1) is 9.95. The molecular formula is C17H26FNO2. The molecule has 1 aromatic carbocycles. The monoisotopic (exact) mass is 295 g/mol. The molecule has 0 saturated carbocycles. The van der Waals surface area contributed by atoms with Gasteiger partial charge in [-0.15, -0.1) is 0 Å². The summed E-state index contributed by atoms with van der Waals surface area (Å²) in [5.74, 6) is 0.574. The highest BCUT2D eigenvalue weighted by Gasteiger charge is 2.32. The zero-order chi connectivity index (χ0) is 15.5. The van der Waals surface area contributed by atoms with Crippen molar-refractivity contribution in [3.8, 4) is 5.75 Å². The summed E-state index contributed by atoms with van der Waals surface area (Å²) in [6.07, 6.45) is 2.77. The summed E-state index contributed by atoms with van der Waals surface area (Å²) in [5, 5.41) is 3.50. The lowest BCUT2D eigenvalue weighted by atomic mass is 9.90. The number of benzene rings is 1. The minimum absolute atomic E-state index is 0.0762. The number of methoxy groups -OCH3 is 1. The number of fused-ring (bicyclic) bond motifs is 1. The fraction of sp³-hybridized carbons (Fsp3) is 0.647. The van der Waals surface area contributed by atoms with Crippen molar-refractivity contribution in [3.05, 3.63) is 29.6 Å². The molecule has 2 rings (SSSR count). The first-order valence-corrected chi connectivity index (χ1v) is 7.70. The number of rotatable bonds is 6. The van der Waals surface area contributed by atoms with Crippen molar-refractivity contribution in [2.24, 2.45) is 0 Å². The average molecular weight is 295 g/mol. The molecule has 0 radical (unpaired) electrons. The van der Waals surface area contributed by atoms with E-state index >= 15 is 0 Å². The number of hydrogen-bond acceptors (Lipinski definition) is 3. The molecule has 1 aliphatic heterocycles. The highest BCUT2D eigenvalue weighted by atomic mass is 19.1. The molecule has 0 amide bonds. The molecule has 21 heavy (non-hydrogen) atoms. The van der Waals surface area contributed by atoms with Crippen LogP contribution in [-0.4, -0.2) is 25.4 Å².